The normalized spacial score (nSPS) is 10.2. The largest absolute Gasteiger partial charge is 0.399 e. The minimum Gasteiger partial charge on any atom is -0.399 e. The molecule has 0 radical (unpaired) electrons. The second kappa shape index (κ2) is 9.14. The van der Waals surface area contributed by atoms with Crippen molar-refractivity contribution in [3.8, 4) is 6.26 Å². The van der Waals surface area contributed by atoms with Gasteiger partial charge < -0.3 is 4.74 Å². The summed E-state index contributed by atoms with van der Waals surface area (Å²) in [6.07, 6.45) is 5.15. The van der Waals surface area contributed by atoms with Crippen LogP contribution < -0.4 is 0 Å². The average molecular weight is 195 g/mol. The van der Waals surface area contributed by atoms with Gasteiger partial charge in [0.2, 0.25) is 18.4 Å². The second-order valence-electron chi connectivity index (χ2n) is 2.35. The Balaban J connectivity index is 3.66. The number of nitrogens with zero attached hydrogens (tertiary/aromatic N) is 3. The number of unbranched alkanes of at least 4 members (excludes halogenated alkanes) is 1. The number of hydrogen-bond donors (Lipinski definition) is 0. The molecule has 14 heavy (non-hydrogen) atoms. The van der Waals surface area contributed by atoms with Gasteiger partial charge in [0.05, 0.1) is 6.54 Å². The Morgan fingerprint density at radius 2 is 2.07 bits per heavy atom. The molecule has 0 saturated heterocycles. The number of aliphatic imine (C=N–C) groups is 2. The van der Waals surface area contributed by atoms with Crippen molar-refractivity contribution in [2.45, 2.75) is 25.5 Å². The van der Waals surface area contributed by atoms with E-state index >= 15 is 0 Å². The molecule has 1 atom stereocenters. The van der Waals surface area contributed by atoms with Crippen LogP contribution in [0, 0.1) is 11.5 Å². The van der Waals surface area contributed by atoms with Crippen LogP contribution in [-0.4, -0.2) is 24.9 Å². The summed E-state index contributed by atoms with van der Waals surface area (Å²) in [5, 5.41) is 8.17. The Bertz CT molecular complexity index is 285. The van der Waals surface area contributed by atoms with Gasteiger partial charge in [0.1, 0.15) is 0 Å². The van der Waals surface area contributed by atoms with Crippen molar-refractivity contribution >= 4 is 12.2 Å². The fourth-order valence-electron chi connectivity index (χ4n) is 0.825. The van der Waals surface area contributed by atoms with Gasteiger partial charge in [0.25, 0.3) is 6.26 Å². The molecule has 0 saturated carbocycles. The molecule has 0 aliphatic heterocycles. The molecule has 0 bridgehead atoms. The highest BCUT2D eigenvalue weighted by molar-refractivity contribution is 5.33. The summed E-state index contributed by atoms with van der Waals surface area (Å²) >= 11 is 0. The molecule has 0 aliphatic carbocycles. The molecule has 0 aromatic heterocycles. The van der Waals surface area contributed by atoms with E-state index in [1.807, 2.05) is 0 Å². The smallest absolute Gasteiger partial charge is 0.288 e. The first-order valence-electron chi connectivity index (χ1n) is 4.00. The zero-order valence-electron chi connectivity index (χ0n) is 7.47. The molecule has 0 aliphatic rings. The molecule has 0 N–H and O–H groups in total. The highest BCUT2D eigenvalue weighted by Crippen LogP contribution is 2.05. The number of nitriles is 1. The summed E-state index contributed by atoms with van der Waals surface area (Å²) < 4.78 is 4.46. The van der Waals surface area contributed by atoms with Gasteiger partial charge in [-0.2, -0.15) is 10.3 Å². The third kappa shape index (κ3) is 6.74. The van der Waals surface area contributed by atoms with Crippen molar-refractivity contribution in [3.63, 3.8) is 0 Å². The van der Waals surface area contributed by atoms with E-state index in [1.54, 1.807) is 0 Å². The highest BCUT2D eigenvalue weighted by Gasteiger charge is 2.05. The maximum absolute atomic E-state index is 9.87. The summed E-state index contributed by atoms with van der Waals surface area (Å²) in [4.78, 5) is 26.2. The van der Waals surface area contributed by atoms with E-state index in [1.165, 1.54) is 18.4 Å². The predicted molar refractivity (Wildman–Crippen MR) is 45.4 cm³/mol. The van der Waals surface area contributed by atoms with Crippen LogP contribution in [0.1, 0.15) is 19.3 Å². The van der Waals surface area contributed by atoms with Crippen LogP contribution in [-0.2, 0) is 14.3 Å². The van der Waals surface area contributed by atoms with E-state index < -0.39 is 6.23 Å². The van der Waals surface area contributed by atoms with Crippen molar-refractivity contribution < 1.29 is 14.3 Å². The van der Waals surface area contributed by atoms with Gasteiger partial charge in [-0.25, -0.2) is 14.6 Å². The molecule has 6 heteroatoms. The van der Waals surface area contributed by atoms with Gasteiger partial charge >= 0.3 is 0 Å². The fourth-order valence-corrected chi connectivity index (χ4v) is 0.825. The molecule has 0 spiro atoms. The van der Waals surface area contributed by atoms with E-state index in [0.717, 1.165) is 0 Å². The molecule has 6 nitrogen and oxygen atoms in total. The summed E-state index contributed by atoms with van der Waals surface area (Å²) in [7, 11) is 0. The third-order valence-electron chi connectivity index (χ3n) is 1.42. The lowest BCUT2D eigenvalue weighted by molar-refractivity contribution is 0.157. The molecule has 0 amide bonds. The molecule has 74 valence electrons. The first-order valence-corrected chi connectivity index (χ1v) is 4.00. The van der Waals surface area contributed by atoms with Crippen molar-refractivity contribution in [1.82, 2.24) is 0 Å². The van der Waals surface area contributed by atoms with Crippen molar-refractivity contribution in [1.29, 1.82) is 5.26 Å². The molecular weight excluding hydrogens is 186 g/mol. The maximum Gasteiger partial charge on any atom is 0.288 e. The Hall–Kier alpha value is -1.95. The van der Waals surface area contributed by atoms with Gasteiger partial charge in [0, 0.05) is 6.42 Å². The molecular formula is C8H9N3O3. The van der Waals surface area contributed by atoms with Crippen molar-refractivity contribution in [2.24, 2.45) is 9.98 Å². The number of hydrogen-bond acceptors (Lipinski definition) is 6. The van der Waals surface area contributed by atoms with Gasteiger partial charge in [-0.3, -0.25) is 0 Å². The number of isocyanates is 2. The Kier molecular flexibility index (Phi) is 7.87. The average Bonchev–Trinajstić information content (AvgIpc) is 2.18. The number of ether oxygens (including phenoxy) is 1. The lowest BCUT2D eigenvalue weighted by Gasteiger charge is -2.04. The Morgan fingerprint density at radius 1 is 1.29 bits per heavy atom. The van der Waals surface area contributed by atoms with Gasteiger partial charge in [-0.1, -0.05) is 0 Å². The van der Waals surface area contributed by atoms with E-state index in [2.05, 4.69) is 14.7 Å². The summed E-state index contributed by atoms with van der Waals surface area (Å²) in [5.41, 5.74) is 0. The van der Waals surface area contributed by atoms with E-state index in [-0.39, 0.29) is 0 Å². The van der Waals surface area contributed by atoms with Crippen LogP contribution in [0.15, 0.2) is 9.98 Å². The first kappa shape index (κ1) is 12.0. The van der Waals surface area contributed by atoms with Gasteiger partial charge in [-0.15, -0.1) is 0 Å². The number of carbonyl (C=O) groups excluding carboxylic acids is 2. The molecule has 1 unspecified atom stereocenters. The van der Waals surface area contributed by atoms with E-state index in [0.29, 0.717) is 25.8 Å². The highest BCUT2D eigenvalue weighted by atomic mass is 16.5. The van der Waals surface area contributed by atoms with Crippen LogP contribution in [0.25, 0.3) is 0 Å². The van der Waals surface area contributed by atoms with Crippen LogP contribution in [0.3, 0.4) is 0 Å². The fraction of sp³-hybridized carbons (Fsp3) is 0.625. The predicted octanol–water partition coefficient (Wildman–Crippen LogP) is 0.652. The number of rotatable bonds is 7. The Labute approximate surface area is 80.9 Å². The molecule has 0 heterocycles. The molecule has 0 fully saturated rings. The van der Waals surface area contributed by atoms with Crippen LogP contribution in [0.5, 0.6) is 0 Å². The first-order chi connectivity index (χ1) is 6.85. The van der Waals surface area contributed by atoms with Crippen molar-refractivity contribution in [3.05, 3.63) is 0 Å². The summed E-state index contributed by atoms with van der Waals surface area (Å²) in [5.74, 6) is 0. The van der Waals surface area contributed by atoms with Gasteiger partial charge in [-0.05, 0) is 12.8 Å². The minimum atomic E-state index is -0.766. The molecule has 0 aromatic rings. The zero-order chi connectivity index (χ0) is 10.6. The minimum absolute atomic E-state index is 0.383. The topological polar surface area (TPSA) is 91.9 Å². The summed E-state index contributed by atoms with van der Waals surface area (Å²) in [6, 6.07) is 0. The lowest BCUT2D eigenvalue weighted by atomic mass is 10.2. The van der Waals surface area contributed by atoms with Crippen LogP contribution in [0.4, 0.5) is 0 Å². The van der Waals surface area contributed by atoms with E-state index in [9.17, 15) is 9.59 Å². The van der Waals surface area contributed by atoms with Gasteiger partial charge in [0.15, 0.2) is 0 Å². The quantitative estimate of drug-likeness (QED) is 0.258. The molecule has 0 rings (SSSR count). The lowest BCUT2D eigenvalue weighted by Crippen LogP contribution is -2.06. The third-order valence-corrected chi connectivity index (χ3v) is 1.42. The van der Waals surface area contributed by atoms with E-state index in [4.69, 9.17) is 5.26 Å². The zero-order valence-corrected chi connectivity index (χ0v) is 7.47. The molecule has 0 aromatic carbocycles. The maximum atomic E-state index is 9.87. The Morgan fingerprint density at radius 3 is 2.64 bits per heavy atom. The van der Waals surface area contributed by atoms with Crippen LogP contribution in [0.2, 0.25) is 0 Å². The standard InChI is InChI=1S/C8H9N3O3/c9-5-14-8(11-7-13)3-1-2-4-10-6-12/h8H,1-4H2. The van der Waals surface area contributed by atoms with Crippen LogP contribution >= 0.6 is 0 Å². The monoisotopic (exact) mass is 195 g/mol. The SMILES string of the molecule is N#COC(CCCCN=C=O)N=C=O. The van der Waals surface area contributed by atoms with Crippen molar-refractivity contribution in [2.75, 3.05) is 6.54 Å². The summed E-state index contributed by atoms with van der Waals surface area (Å²) in [6.45, 7) is 0.383. The second-order valence-corrected chi connectivity index (χ2v) is 2.35.